The fourth-order valence-corrected chi connectivity index (χ4v) is 1.53. The Kier molecular flexibility index (Phi) is 2.81. The molecule has 1 aromatic heterocycles. The van der Waals surface area contributed by atoms with Gasteiger partial charge in [-0.05, 0) is 0 Å². The van der Waals surface area contributed by atoms with Crippen LogP contribution < -0.4 is 11.5 Å². The number of rotatable bonds is 3. The van der Waals surface area contributed by atoms with Crippen molar-refractivity contribution in [2.75, 3.05) is 12.8 Å². The predicted octanol–water partition coefficient (Wildman–Crippen LogP) is 0.330. The van der Waals surface area contributed by atoms with E-state index in [1.54, 1.807) is 7.11 Å². The molecule has 0 bridgehead atoms. The summed E-state index contributed by atoms with van der Waals surface area (Å²) in [7, 11) is 1.62. The Bertz CT molecular complexity index is 236. The Balaban J connectivity index is 2.83. The van der Waals surface area contributed by atoms with Crippen molar-refractivity contribution < 1.29 is 4.74 Å². The van der Waals surface area contributed by atoms with Crippen molar-refractivity contribution in [3.05, 3.63) is 10.6 Å². The zero-order valence-electron chi connectivity index (χ0n) is 6.33. The number of anilines is 1. The Morgan fingerprint density at radius 3 is 2.91 bits per heavy atom. The van der Waals surface area contributed by atoms with Gasteiger partial charge in [-0.3, -0.25) is 0 Å². The number of ether oxygens (including phenoxy) is 1. The molecule has 0 amide bonds. The number of nitrogens with zero attached hydrogens (tertiary/aromatic N) is 1. The van der Waals surface area contributed by atoms with Crippen LogP contribution in [-0.2, 0) is 17.9 Å². The molecule has 0 aliphatic carbocycles. The van der Waals surface area contributed by atoms with Crippen LogP contribution in [0.4, 0.5) is 5.13 Å². The molecule has 0 atom stereocenters. The highest BCUT2D eigenvalue weighted by atomic mass is 32.1. The van der Waals surface area contributed by atoms with Gasteiger partial charge in [0.15, 0.2) is 5.13 Å². The summed E-state index contributed by atoms with van der Waals surface area (Å²) < 4.78 is 4.92. The van der Waals surface area contributed by atoms with Crippen LogP contribution in [0.15, 0.2) is 0 Å². The Labute approximate surface area is 69.2 Å². The molecule has 0 fully saturated rings. The number of thiazole rings is 1. The van der Waals surface area contributed by atoms with Crippen LogP contribution in [0.5, 0.6) is 0 Å². The molecule has 0 unspecified atom stereocenters. The van der Waals surface area contributed by atoms with E-state index in [1.807, 2.05) is 0 Å². The fraction of sp³-hybridized carbons (Fsp3) is 0.500. The predicted molar refractivity (Wildman–Crippen MR) is 45.1 cm³/mol. The largest absolute Gasteiger partial charge is 0.378 e. The standard InChI is InChI=1S/C6H11N3OS/c1-10-3-4-5(2-7)11-6(8)9-4/h2-3,7H2,1H3,(H2,8,9). The maximum absolute atomic E-state index is 5.48. The second-order valence-corrected chi connectivity index (χ2v) is 3.17. The molecular formula is C6H11N3OS. The molecule has 0 aromatic carbocycles. The molecule has 0 spiro atoms. The van der Waals surface area contributed by atoms with Gasteiger partial charge in [0, 0.05) is 18.5 Å². The van der Waals surface area contributed by atoms with Crippen molar-refractivity contribution in [3.63, 3.8) is 0 Å². The van der Waals surface area contributed by atoms with E-state index in [0.717, 1.165) is 10.6 Å². The SMILES string of the molecule is COCc1nc(N)sc1CN. The lowest BCUT2D eigenvalue weighted by Crippen LogP contribution is -1.99. The normalized spacial score (nSPS) is 10.4. The molecule has 0 saturated heterocycles. The molecule has 0 aliphatic heterocycles. The first-order valence-electron chi connectivity index (χ1n) is 3.21. The van der Waals surface area contributed by atoms with Crippen LogP contribution in [0.2, 0.25) is 0 Å². The molecule has 1 aromatic rings. The summed E-state index contributed by atoms with van der Waals surface area (Å²) in [6, 6.07) is 0. The zero-order valence-corrected chi connectivity index (χ0v) is 7.15. The van der Waals surface area contributed by atoms with E-state index in [2.05, 4.69) is 4.98 Å². The summed E-state index contributed by atoms with van der Waals surface area (Å²) in [6.45, 7) is 0.966. The molecule has 4 N–H and O–H groups in total. The average molecular weight is 173 g/mol. The van der Waals surface area contributed by atoms with E-state index in [1.165, 1.54) is 11.3 Å². The highest BCUT2D eigenvalue weighted by molar-refractivity contribution is 7.15. The lowest BCUT2D eigenvalue weighted by Gasteiger charge is -1.95. The minimum Gasteiger partial charge on any atom is -0.378 e. The van der Waals surface area contributed by atoms with Crippen LogP contribution in [0.1, 0.15) is 10.6 Å². The summed E-state index contributed by atoms with van der Waals surface area (Å²) in [5.74, 6) is 0. The van der Waals surface area contributed by atoms with Crippen molar-refractivity contribution in [2.24, 2.45) is 5.73 Å². The topological polar surface area (TPSA) is 74.2 Å². The van der Waals surface area contributed by atoms with E-state index in [9.17, 15) is 0 Å². The van der Waals surface area contributed by atoms with Crippen molar-refractivity contribution in [1.82, 2.24) is 4.98 Å². The highest BCUT2D eigenvalue weighted by Gasteiger charge is 2.06. The lowest BCUT2D eigenvalue weighted by atomic mass is 10.4. The number of nitrogens with two attached hydrogens (primary N) is 2. The fourth-order valence-electron chi connectivity index (χ4n) is 0.812. The summed E-state index contributed by atoms with van der Waals surface area (Å²) in [5, 5.41) is 0.553. The third-order valence-corrected chi connectivity index (χ3v) is 2.21. The smallest absolute Gasteiger partial charge is 0.180 e. The molecule has 4 nitrogen and oxygen atoms in total. The van der Waals surface area contributed by atoms with E-state index in [4.69, 9.17) is 16.2 Å². The second kappa shape index (κ2) is 3.66. The van der Waals surface area contributed by atoms with Crippen LogP contribution in [0.25, 0.3) is 0 Å². The number of nitrogen functional groups attached to an aromatic ring is 1. The summed E-state index contributed by atoms with van der Waals surface area (Å²) in [5.41, 5.74) is 11.8. The van der Waals surface area contributed by atoms with Crippen LogP contribution in [-0.4, -0.2) is 12.1 Å². The van der Waals surface area contributed by atoms with Gasteiger partial charge in [-0.15, -0.1) is 11.3 Å². The first kappa shape index (κ1) is 8.45. The van der Waals surface area contributed by atoms with Crippen LogP contribution in [0, 0.1) is 0 Å². The van der Waals surface area contributed by atoms with Gasteiger partial charge in [-0.25, -0.2) is 4.98 Å². The van der Waals surface area contributed by atoms with E-state index >= 15 is 0 Å². The van der Waals surface area contributed by atoms with E-state index in [-0.39, 0.29) is 0 Å². The molecule has 0 radical (unpaired) electrons. The summed E-state index contributed by atoms with van der Waals surface area (Å²) in [6.07, 6.45) is 0. The Morgan fingerprint density at radius 1 is 1.64 bits per heavy atom. The van der Waals surface area contributed by atoms with Gasteiger partial charge in [-0.2, -0.15) is 0 Å². The maximum atomic E-state index is 5.48. The molecule has 5 heteroatoms. The van der Waals surface area contributed by atoms with Gasteiger partial charge in [0.05, 0.1) is 12.3 Å². The molecule has 62 valence electrons. The first-order valence-corrected chi connectivity index (χ1v) is 4.02. The number of hydrogen-bond donors (Lipinski definition) is 2. The lowest BCUT2D eigenvalue weighted by molar-refractivity contribution is 0.181. The highest BCUT2D eigenvalue weighted by Crippen LogP contribution is 2.19. The molecular weight excluding hydrogens is 162 g/mol. The monoisotopic (exact) mass is 173 g/mol. The second-order valence-electron chi connectivity index (χ2n) is 2.06. The van der Waals surface area contributed by atoms with Crippen molar-refractivity contribution >= 4 is 16.5 Å². The summed E-state index contributed by atoms with van der Waals surface area (Å²) >= 11 is 1.42. The maximum Gasteiger partial charge on any atom is 0.180 e. The van der Waals surface area contributed by atoms with Gasteiger partial charge < -0.3 is 16.2 Å². The number of aromatic nitrogens is 1. The van der Waals surface area contributed by atoms with Crippen molar-refractivity contribution in [1.29, 1.82) is 0 Å². The third kappa shape index (κ3) is 1.89. The van der Waals surface area contributed by atoms with Crippen LogP contribution in [0.3, 0.4) is 0 Å². The Morgan fingerprint density at radius 2 is 2.36 bits per heavy atom. The van der Waals surface area contributed by atoms with Gasteiger partial charge >= 0.3 is 0 Å². The van der Waals surface area contributed by atoms with Gasteiger partial charge in [0.25, 0.3) is 0 Å². The zero-order chi connectivity index (χ0) is 8.27. The quantitative estimate of drug-likeness (QED) is 0.690. The molecule has 1 rings (SSSR count). The van der Waals surface area contributed by atoms with Crippen molar-refractivity contribution in [2.45, 2.75) is 13.2 Å². The average Bonchev–Trinajstić information content (AvgIpc) is 2.32. The molecule has 0 saturated carbocycles. The molecule has 0 aliphatic rings. The summed E-state index contributed by atoms with van der Waals surface area (Å²) in [4.78, 5) is 5.07. The minimum atomic E-state index is 0.480. The first-order chi connectivity index (χ1) is 5.27. The van der Waals surface area contributed by atoms with Gasteiger partial charge in [0.2, 0.25) is 0 Å². The van der Waals surface area contributed by atoms with E-state index < -0.39 is 0 Å². The van der Waals surface area contributed by atoms with Gasteiger partial charge in [-0.1, -0.05) is 0 Å². The number of methoxy groups -OCH3 is 1. The van der Waals surface area contributed by atoms with Crippen LogP contribution >= 0.6 is 11.3 Å². The number of hydrogen-bond acceptors (Lipinski definition) is 5. The van der Waals surface area contributed by atoms with E-state index in [0.29, 0.717) is 18.3 Å². The minimum absolute atomic E-state index is 0.480. The van der Waals surface area contributed by atoms with Gasteiger partial charge in [0.1, 0.15) is 0 Å². The Hall–Kier alpha value is -0.650. The molecule has 1 heterocycles. The van der Waals surface area contributed by atoms with Crippen molar-refractivity contribution in [3.8, 4) is 0 Å². The molecule has 11 heavy (non-hydrogen) atoms. The third-order valence-electron chi connectivity index (χ3n) is 1.26.